The molecule has 0 aliphatic carbocycles. The first-order valence-corrected chi connectivity index (χ1v) is 9.73. The number of methoxy groups -OCH3 is 4. The van der Waals surface area contributed by atoms with E-state index in [1.54, 1.807) is 50.6 Å². The van der Waals surface area contributed by atoms with E-state index in [4.69, 9.17) is 28.4 Å². The van der Waals surface area contributed by atoms with Crippen molar-refractivity contribution in [1.29, 1.82) is 0 Å². The van der Waals surface area contributed by atoms with Crippen LogP contribution in [0.5, 0.6) is 23.0 Å². The molecule has 0 aromatic heterocycles. The highest BCUT2D eigenvalue weighted by Crippen LogP contribution is 2.28. The molecule has 0 amide bonds. The quantitative estimate of drug-likeness (QED) is 0.469. The molecule has 0 bridgehead atoms. The number of ether oxygens (including phenoxy) is 6. The second-order valence-corrected chi connectivity index (χ2v) is 6.55. The molecule has 0 spiro atoms. The molecule has 0 heterocycles. The predicted octanol–water partition coefficient (Wildman–Crippen LogP) is 3.68. The second kappa shape index (κ2) is 12.3. The van der Waals surface area contributed by atoms with E-state index >= 15 is 0 Å². The van der Waals surface area contributed by atoms with Gasteiger partial charge in [-0.15, -0.1) is 0 Å². The van der Waals surface area contributed by atoms with Gasteiger partial charge >= 0.3 is 11.9 Å². The molecule has 0 saturated heterocycles. The van der Waals surface area contributed by atoms with Crippen LogP contribution < -0.4 is 18.9 Å². The van der Waals surface area contributed by atoms with Crippen LogP contribution in [0.2, 0.25) is 0 Å². The molecular formula is C23H28O8. The average molecular weight is 432 g/mol. The summed E-state index contributed by atoms with van der Waals surface area (Å²) in [5.74, 6) is 1.56. The maximum Gasteiger partial charge on any atom is 0.306 e. The topological polar surface area (TPSA) is 89.5 Å². The minimum atomic E-state index is -0.387. The van der Waals surface area contributed by atoms with Crippen LogP contribution in [-0.2, 0) is 32.3 Å². The van der Waals surface area contributed by atoms with Gasteiger partial charge in [0, 0.05) is 12.8 Å². The Hall–Kier alpha value is -3.42. The van der Waals surface area contributed by atoms with Gasteiger partial charge in [0.25, 0.3) is 0 Å². The first kappa shape index (κ1) is 23.9. The number of rotatable bonds is 12. The molecule has 8 heteroatoms. The molecule has 31 heavy (non-hydrogen) atoms. The summed E-state index contributed by atoms with van der Waals surface area (Å²) < 4.78 is 31.3. The Kier molecular flexibility index (Phi) is 9.48. The third-order valence-corrected chi connectivity index (χ3v) is 4.46. The Morgan fingerprint density at radius 1 is 0.613 bits per heavy atom. The summed E-state index contributed by atoms with van der Waals surface area (Å²) in [5.41, 5.74) is 1.56. The van der Waals surface area contributed by atoms with Crippen molar-refractivity contribution in [1.82, 2.24) is 0 Å². The Bertz CT molecular complexity index is 806. The van der Waals surface area contributed by atoms with Crippen LogP contribution in [0.1, 0.15) is 30.4 Å². The maximum absolute atomic E-state index is 11.9. The monoisotopic (exact) mass is 432 g/mol. The van der Waals surface area contributed by atoms with Crippen LogP contribution in [0.15, 0.2) is 36.4 Å². The molecule has 0 fully saturated rings. The van der Waals surface area contributed by atoms with Gasteiger partial charge in [0.05, 0.1) is 28.4 Å². The lowest BCUT2D eigenvalue weighted by Gasteiger charge is -2.10. The summed E-state index contributed by atoms with van der Waals surface area (Å²) in [6.45, 7) is 0.228. The lowest BCUT2D eigenvalue weighted by Crippen LogP contribution is -2.08. The molecule has 0 radical (unpaired) electrons. The number of hydrogen-bond donors (Lipinski definition) is 0. The fourth-order valence-corrected chi connectivity index (χ4v) is 2.79. The Morgan fingerprint density at radius 3 is 1.35 bits per heavy atom. The highest BCUT2D eigenvalue weighted by molar-refractivity contribution is 5.72. The molecule has 2 aromatic rings. The van der Waals surface area contributed by atoms with Crippen molar-refractivity contribution in [3.05, 3.63) is 47.5 Å². The summed E-state index contributed by atoms with van der Waals surface area (Å²) in [6.07, 6.45) is 0.590. The highest BCUT2D eigenvalue weighted by Gasteiger charge is 2.11. The molecule has 2 rings (SSSR count). The SMILES string of the molecule is COc1ccc(COC(=O)CCCC(=O)OCc2ccc(OC)c(OC)c2)cc1OC. The number of esters is 2. The van der Waals surface area contributed by atoms with Gasteiger partial charge in [-0.3, -0.25) is 9.59 Å². The van der Waals surface area contributed by atoms with Crippen LogP contribution in [0, 0.1) is 0 Å². The Morgan fingerprint density at radius 2 is 1.00 bits per heavy atom. The lowest BCUT2D eigenvalue weighted by molar-refractivity contribution is -0.146. The van der Waals surface area contributed by atoms with Gasteiger partial charge in [-0.2, -0.15) is 0 Å². The van der Waals surface area contributed by atoms with Crippen molar-refractivity contribution in [2.24, 2.45) is 0 Å². The van der Waals surface area contributed by atoms with Crippen molar-refractivity contribution in [2.45, 2.75) is 32.5 Å². The van der Waals surface area contributed by atoms with Crippen molar-refractivity contribution >= 4 is 11.9 Å². The summed E-state index contributed by atoms with van der Waals surface area (Å²) in [5, 5.41) is 0. The first-order valence-electron chi connectivity index (χ1n) is 9.73. The maximum atomic E-state index is 11.9. The lowest BCUT2D eigenvalue weighted by atomic mass is 10.2. The molecule has 8 nitrogen and oxygen atoms in total. The molecule has 0 atom stereocenters. The van der Waals surface area contributed by atoms with Crippen molar-refractivity contribution < 1.29 is 38.0 Å². The van der Waals surface area contributed by atoms with E-state index in [1.807, 2.05) is 0 Å². The summed E-state index contributed by atoms with van der Waals surface area (Å²) in [6, 6.07) is 10.6. The van der Waals surface area contributed by atoms with E-state index in [0.29, 0.717) is 29.4 Å². The fourth-order valence-electron chi connectivity index (χ4n) is 2.79. The number of carbonyl (C=O) groups excluding carboxylic acids is 2. The fraction of sp³-hybridized carbons (Fsp3) is 0.391. The molecular weight excluding hydrogens is 404 g/mol. The molecule has 0 unspecified atom stereocenters. The zero-order valence-electron chi connectivity index (χ0n) is 18.3. The van der Waals surface area contributed by atoms with Gasteiger partial charge in [0.1, 0.15) is 13.2 Å². The van der Waals surface area contributed by atoms with Gasteiger partial charge in [-0.1, -0.05) is 12.1 Å². The predicted molar refractivity (Wildman–Crippen MR) is 113 cm³/mol. The molecule has 2 aromatic carbocycles. The van der Waals surface area contributed by atoms with E-state index in [1.165, 1.54) is 14.2 Å². The zero-order valence-corrected chi connectivity index (χ0v) is 18.3. The molecule has 0 aliphatic rings. The third kappa shape index (κ3) is 7.40. The van der Waals surface area contributed by atoms with Crippen LogP contribution in [-0.4, -0.2) is 40.4 Å². The Balaban J connectivity index is 1.69. The number of benzene rings is 2. The standard InChI is InChI=1S/C23H28O8/c1-26-18-10-8-16(12-20(18)28-3)14-30-22(24)6-5-7-23(25)31-15-17-9-11-19(27-2)21(13-17)29-4/h8-13H,5-7,14-15H2,1-4H3. The van der Waals surface area contributed by atoms with Gasteiger partial charge in [0.15, 0.2) is 23.0 Å². The summed E-state index contributed by atoms with van der Waals surface area (Å²) >= 11 is 0. The minimum absolute atomic E-state index is 0.114. The largest absolute Gasteiger partial charge is 0.493 e. The van der Waals surface area contributed by atoms with Crippen LogP contribution >= 0.6 is 0 Å². The van der Waals surface area contributed by atoms with Crippen molar-refractivity contribution in [3.63, 3.8) is 0 Å². The average Bonchev–Trinajstić information content (AvgIpc) is 2.80. The molecule has 0 saturated carbocycles. The van der Waals surface area contributed by atoms with Crippen LogP contribution in [0.4, 0.5) is 0 Å². The summed E-state index contributed by atoms with van der Waals surface area (Å²) in [7, 11) is 6.18. The first-order chi connectivity index (χ1) is 15.0. The van der Waals surface area contributed by atoms with E-state index < -0.39 is 0 Å². The zero-order chi connectivity index (χ0) is 22.6. The third-order valence-electron chi connectivity index (χ3n) is 4.46. The summed E-state index contributed by atoms with van der Waals surface area (Å²) in [4.78, 5) is 23.9. The normalized spacial score (nSPS) is 10.2. The molecule has 0 aliphatic heterocycles. The van der Waals surface area contributed by atoms with E-state index in [-0.39, 0.29) is 38.0 Å². The van der Waals surface area contributed by atoms with E-state index in [0.717, 1.165) is 11.1 Å². The highest BCUT2D eigenvalue weighted by atomic mass is 16.5. The smallest absolute Gasteiger partial charge is 0.306 e. The van der Waals surface area contributed by atoms with Gasteiger partial charge in [0.2, 0.25) is 0 Å². The van der Waals surface area contributed by atoms with Crippen molar-refractivity contribution in [2.75, 3.05) is 28.4 Å². The van der Waals surface area contributed by atoms with Crippen LogP contribution in [0.25, 0.3) is 0 Å². The number of carbonyl (C=O) groups is 2. The second-order valence-electron chi connectivity index (χ2n) is 6.55. The number of hydrogen-bond acceptors (Lipinski definition) is 8. The van der Waals surface area contributed by atoms with Crippen molar-refractivity contribution in [3.8, 4) is 23.0 Å². The van der Waals surface area contributed by atoms with E-state index in [9.17, 15) is 9.59 Å². The minimum Gasteiger partial charge on any atom is -0.493 e. The van der Waals surface area contributed by atoms with Crippen LogP contribution in [0.3, 0.4) is 0 Å². The van der Waals surface area contributed by atoms with Gasteiger partial charge in [-0.05, 0) is 41.8 Å². The van der Waals surface area contributed by atoms with E-state index in [2.05, 4.69) is 0 Å². The Labute approximate surface area is 182 Å². The molecule has 168 valence electrons. The van der Waals surface area contributed by atoms with Gasteiger partial charge in [-0.25, -0.2) is 0 Å². The molecule has 0 N–H and O–H groups in total. The van der Waals surface area contributed by atoms with Gasteiger partial charge < -0.3 is 28.4 Å².